The van der Waals surface area contributed by atoms with Gasteiger partial charge in [0.1, 0.15) is 0 Å². The highest BCUT2D eigenvalue weighted by Crippen LogP contribution is 2.30. The maximum Gasteiger partial charge on any atom is 0.261 e. The molecule has 1 N–H and O–H groups in total. The van der Waals surface area contributed by atoms with Crippen LogP contribution in [0.15, 0.2) is 97.1 Å². The average molecular weight is 449 g/mol. The van der Waals surface area contributed by atoms with Crippen molar-refractivity contribution in [2.24, 2.45) is 0 Å². The Hall–Kier alpha value is -4.25. The highest BCUT2D eigenvalue weighted by Gasteiger charge is 2.32. The molecule has 1 aliphatic heterocycles. The van der Waals surface area contributed by atoms with Crippen molar-refractivity contribution in [1.82, 2.24) is 10.2 Å². The maximum atomic E-state index is 13.0. The predicted molar refractivity (Wildman–Crippen MR) is 131 cm³/mol. The van der Waals surface area contributed by atoms with Crippen molar-refractivity contribution in [3.05, 3.63) is 119 Å². The lowest BCUT2D eigenvalue weighted by Crippen LogP contribution is -2.41. The van der Waals surface area contributed by atoms with Crippen LogP contribution >= 0.6 is 0 Å². The Morgan fingerprint density at radius 3 is 1.76 bits per heavy atom. The zero-order valence-corrected chi connectivity index (χ0v) is 18.6. The van der Waals surface area contributed by atoms with E-state index in [-0.39, 0.29) is 36.7 Å². The number of benzene rings is 4. The zero-order chi connectivity index (χ0) is 23.5. The highest BCUT2D eigenvalue weighted by molar-refractivity contribution is 6.25. The minimum absolute atomic E-state index is 0.128. The van der Waals surface area contributed by atoms with Gasteiger partial charge in [-0.05, 0) is 35.1 Å². The minimum Gasteiger partial charge on any atom is -0.345 e. The number of carbonyl (C=O) groups is 3. The van der Waals surface area contributed by atoms with Gasteiger partial charge >= 0.3 is 0 Å². The van der Waals surface area contributed by atoms with Crippen LogP contribution in [0.5, 0.6) is 0 Å². The molecule has 3 amide bonds. The molecule has 4 aromatic rings. The molecular weight excluding hydrogens is 424 g/mol. The number of carbonyl (C=O) groups excluding carboxylic acids is 3. The number of hydrogen-bond donors (Lipinski definition) is 1. The molecular formula is C29H24N2O3. The molecule has 34 heavy (non-hydrogen) atoms. The molecule has 5 rings (SSSR count). The Labute approximate surface area is 198 Å². The summed E-state index contributed by atoms with van der Waals surface area (Å²) in [4.78, 5) is 40.2. The number of nitrogens with zero attached hydrogens (tertiary/aromatic N) is 1. The lowest BCUT2D eigenvalue weighted by Gasteiger charge is -2.27. The molecule has 0 aliphatic carbocycles. The van der Waals surface area contributed by atoms with E-state index in [1.54, 1.807) is 12.1 Å². The zero-order valence-electron chi connectivity index (χ0n) is 18.6. The quantitative estimate of drug-likeness (QED) is 0.399. The lowest BCUT2D eigenvalue weighted by atomic mass is 9.94. The second-order valence-electron chi connectivity index (χ2n) is 8.40. The van der Waals surface area contributed by atoms with E-state index in [0.29, 0.717) is 22.9 Å². The molecule has 168 valence electrons. The summed E-state index contributed by atoms with van der Waals surface area (Å²) in [5.41, 5.74) is 3.05. The molecule has 0 bridgehead atoms. The van der Waals surface area contributed by atoms with E-state index in [1.165, 1.54) is 4.90 Å². The number of imide groups is 1. The van der Waals surface area contributed by atoms with E-state index in [4.69, 9.17) is 0 Å². The summed E-state index contributed by atoms with van der Waals surface area (Å²) in [6.45, 7) is 0.192. The normalized spacial score (nSPS) is 12.9. The molecule has 0 aromatic heterocycles. The van der Waals surface area contributed by atoms with E-state index in [9.17, 15) is 14.4 Å². The molecule has 4 aromatic carbocycles. The van der Waals surface area contributed by atoms with Gasteiger partial charge < -0.3 is 5.32 Å². The molecule has 1 aliphatic rings. The Morgan fingerprint density at radius 1 is 0.706 bits per heavy atom. The van der Waals surface area contributed by atoms with E-state index >= 15 is 0 Å². The van der Waals surface area contributed by atoms with Crippen molar-refractivity contribution < 1.29 is 14.4 Å². The van der Waals surface area contributed by atoms with Gasteiger partial charge in [-0.25, -0.2) is 0 Å². The van der Waals surface area contributed by atoms with Gasteiger partial charge in [-0.3, -0.25) is 19.3 Å². The molecule has 5 heteroatoms. The van der Waals surface area contributed by atoms with Crippen LogP contribution < -0.4 is 5.32 Å². The topological polar surface area (TPSA) is 66.5 Å². The van der Waals surface area contributed by atoms with Crippen LogP contribution in [0.4, 0.5) is 0 Å². The van der Waals surface area contributed by atoms with E-state index in [0.717, 1.165) is 16.5 Å². The van der Waals surface area contributed by atoms with Crippen LogP contribution in [0, 0.1) is 0 Å². The molecule has 5 nitrogen and oxygen atoms in total. The first-order valence-corrected chi connectivity index (χ1v) is 11.4. The Bertz CT molecular complexity index is 1280. The fourth-order valence-corrected chi connectivity index (χ4v) is 4.56. The summed E-state index contributed by atoms with van der Waals surface area (Å²) in [6, 6.07) is 30.3. The summed E-state index contributed by atoms with van der Waals surface area (Å²) >= 11 is 0. The molecule has 0 unspecified atom stereocenters. The first-order chi connectivity index (χ1) is 16.6. The minimum atomic E-state index is -0.304. The molecule has 0 saturated heterocycles. The third-order valence-electron chi connectivity index (χ3n) is 6.21. The van der Waals surface area contributed by atoms with E-state index in [2.05, 4.69) is 5.32 Å². The fourth-order valence-electron chi connectivity index (χ4n) is 4.56. The molecule has 0 spiro atoms. The van der Waals surface area contributed by atoms with Gasteiger partial charge in [-0.15, -0.1) is 0 Å². The van der Waals surface area contributed by atoms with Gasteiger partial charge in [-0.2, -0.15) is 0 Å². The highest BCUT2D eigenvalue weighted by atomic mass is 16.2. The SMILES string of the molecule is O=C(CCCN1C(=O)c2cccc3cccc(c23)C1=O)NC(c1ccccc1)c1ccccc1. The largest absolute Gasteiger partial charge is 0.345 e. The number of rotatable bonds is 7. The van der Waals surface area contributed by atoms with Crippen molar-refractivity contribution in [3.8, 4) is 0 Å². The van der Waals surface area contributed by atoms with Crippen molar-refractivity contribution in [2.75, 3.05) is 6.54 Å². The van der Waals surface area contributed by atoms with Gasteiger partial charge in [-0.1, -0.05) is 84.9 Å². The van der Waals surface area contributed by atoms with E-state index in [1.807, 2.05) is 84.9 Å². The second kappa shape index (κ2) is 9.32. The van der Waals surface area contributed by atoms with Crippen LogP contribution in [0.25, 0.3) is 10.8 Å². The summed E-state index contributed by atoms with van der Waals surface area (Å²) in [6.07, 6.45) is 0.594. The number of amides is 3. The predicted octanol–water partition coefficient (Wildman–Crippen LogP) is 5.12. The van der Waals surface area contributed by atoms with Crippen LogP contribution in [0.2, 0.25) is 0 Å². The third-order valence-corrected chi connectivity index (χ3v) is 6.21. The maximum absolute atomic E-state index is 13.0. The third kappa shape index (κ3) is 4.08. The van der Waals surface area contributed by atoms with Gasteiger partial charge in [0.05, 0.1) is 6.04 Å². The standard InChI is InChI=1S/C29H24N2O3/c32-25(30-27(21-10-3-1-4-11-21)22-12-5-2-6-13-22)18-9-19-31-28(33)23-16-7-14-20-15-8-17-24(26(20)23)29(31)34/h1-8,10-17,27H,9,18-19H2,(H,30,32). The van der Waals surface area contributed by atoms with Gasteiger partial charge in [0.15, 0.2) is 0 Å². The van der Waals surface area contributed by atoms with Crippen molar-refractivity contribution in [1.29, 1.82) is 0 Å². The Morgan fingerprint density at radius 2 is 1.24 bits per heavy atom. The monoisotopic (exact) mass is 448 g/mol. The first-order valence-electron chi connectivity index (χ1n) is 11.4. The summed E-state index contributed by atoms with van der Waals surface area (Å²) in [5, 5.41) is 4.70. The number of hydrogen-bond acceptors (Lipinski definition) is 3. The van der Waals surface area contributed by atoms with Crippen molar-refractivity contribution >= 4 is 28.5 Å². The average Bonchev–Trinajstić information content (AvgIpc) is 2.88. The Balaban J connectivity index is 1.27. The van der Waals surface area contributed by atoms with Gasteiger partial charge in [0.2, 0.25) is 5.91 Å². The molecule has 0 atom stereocenters. The van der Waals surface area contributed by atoms with Crippen LogP contribution in [0.3, 0.4) is 0 Å². The summed E-state index contributed by atoms with van der Waals surface area (Å²) in [5.74, 6) is -0.737. The molecule has 0 saturated carbocycles. The molecule has 0 radical (unpaired) electrons. The lowest BCUT2D eigenvalue weighted by molar-refractivity contribution is -0.121. The first kappa shape index (κ1) is 21.6. The smallest absolute Gasteiger partial charge is 0.261 e. The van der Waals surface area contributed by atoms with Crippen LogP contribution in [0.1, 0.15) is 50.7 Å². The molecule has 1 heterocycles. The summed E-state index contributed by atoms with van der Waals surface area (Å²) in [7, 11) is 0. The number of nitrogens with one attached hydrogen (secondary N) is 1. The van der Waals surface area contributed by atoms with Crippen molar-refractivity contribution in [2.45, 2.75) is 18.9 Å². The summed E-state index contributed by atoms with van der Waals surface area (Å²) < 4.78 is 0. The fraction of sp³-hybridized carbons (Fsp3) is 0.138. The molecule has 0 fully saturated rings. The van der Waals surface area contributed by atoms with Crippen LogP contribution in [-0.4, -0.2) is 29.2 Å². The van der Waals surface area contributed by atoms with E-state index < -0.39 is 0 Å². The second-order valence-corrected chi connectivity index (χ2v) is 8.40. The van der Waals surface area contributed by atoms with Gasteiger partial charge in [0.25, 0.3) is 11.8 Å². The van der Waals surface area contributed by atoms with Gasteiger partial charge in [0, 0.05) is 29.5 Å². The van der Waals surface area contributed by atoms with Crippen LogP contribution in [-0.2, 0) is 4.79 Å². The van der Waals surface area contributed by atoms with Crippen molar-refractivity contribution in [3.63, 3.8) is 0 Å². The Kier molecular flexibility index (Phi) is 5.91.